The number of morpholine rings is 1. The van der Waals surface area contributed by atoms with Gasteiger partial charge in [0.05, 0.1) is 19.8 Å². The molecule has 1 atom stereocenters. The van der Waals surface area contributed by atoms with E-state index in [-0.39, 0.29) is 11.9 Å². The molecule has 0 bridgehead atoms. The zero-order chi connectivity index (χ0) is 17.5. The highest BCUT2D eigenvalue weighted by Crippen LogP contribution is 2.07. The molecule has 2 N–H and O–H groups in total. The van der Waals surface area contributed by atoms with Crippen LogP contribution in [0, 0.1) is 0 Å². The van der Waals surface area contributed by atoms with Crippen molar-refractivity contribution in [2.24, 2.45) is 5.73 Å². The predicted octanol–water partition coefficient (Wildman–Crippen LogP) is 0.0328. The van der Waals surface area contributed by atoms with Crippen molar-refractivity contribution < 1.29 is 9.53 Å². The smallest absolute Gasteiger partial charge is 0.236 e. The summed E-state index contributed by atoms with van der Waals surface area (Å²) in [5.41, 5.74) is 7.62. The topological polar surface area (TPSA) is 62.0 Å². The Morgan fingerprint density at radius 1 is 1.00 bits per heavy atom. The van der Waals surface area contributed by atoms with Crippen LogP contribution in [0.5, 0.6) is 0 Å². The third kappa shape index (κ3) is 5.78. The van der Waals surface area contributed by atoms with Gasteiger partial charge in [0.1, 0.15) is 0 Å². The Balaban J connectivity index is 1.36. The van der Waals surface area contributed by atoms with Crippen LogP contribution in [0.15, 0.2) is 30.3 Å². The van der Waals surface area contributed by atoms with Gasteiger partial charge in [-0.3, -0.25) is 14.6 Å². The molecule has 138 valence electrons. The Hall–Kier alpha value is -1.47. The number of hydrogen-bond donors (Lipinski definition) is 1. The monoisotopic (exact) mass is 346 g/mol. The Labute approximate surface area is 150 Å². The van der Waals surface area contributed by atoms with E-state index in [9.17, 15) is 4.79 Å². The minimum absolute atomic E-state index is 0.156. The van der Waals surface area contributed by atoms with Gasteiger partial charge in [0.2, 0.25) is 5.91 Å². The number of piperazine rings is 1. The molecule has 1 aromatic carbocycles. The molecule has 0 spiro atoms. The van der Waals surface area contributed by atoms with Crippen LogP contribution >= 0.6 is 0 Å². The van der Waals surface area contributed by atoms with Gasteiger partial charge in [0, 0.05) is 51.9 Å². The summed E-state index contributed by atoms with van der Waals surface area (Å²) in [6.45, 7) is 8.09. The van der Waals surface area contributed by atoms with Gasteiger partial charge in [-0.25, -0.2) is 0 Å². The van der Waals surface area contributed by atoms with Crippen molar-refractivity contribution in [1.82, 2.24) is 14.7 Å². The van der Waals surface area contributed by atoms with E-state index in [2.05, 4.69) is 34.1 Å². The number of amides is 1. The first-order valence-electron chi connectivity index (χ1n) is 9.30. The van der Waals surface area contributed by atoms with Gasteiger partial charge in [0.15, 0.2) is 0 Å². The predicted molar refractivity (Wildman–Crippen MR) is 98.4 cm³/mol. The van der Waals surface area contributed by atoms with Crippen molar-refractivity contribution in [1.29, 1.82) is 0 Å². The number of carbonyl (C=O) groups is 1. The summed E-state index contributed by atoms with van der Waals surface area (Å²) in [5.74, 6) is 0.234. The molecule has 0 radical (unpaired) electrons. The largest absolute Gasteiger partial charge is 0.378 e. The molecule has 2 fully saturated rings. The number of hydrogen-bond acceptors (Lipinski definition) is 5. The number of nitrogens with two attached hydrogens (primary N) is 1. The number of ether oxygens (including phenoxy) is 1. The summed E-state index contributed by atoms with van der Waals surface area (Å²) in [5, 5.41) is 0. The standard InChI is InChI=1S/C19H30N4O2/c20-18(14-17-4-2-1-3-5-17)15-21-6-8-22(9-7-21)16-19(24)23-10-12-25-13-11-23/h1-5,18H,6-16,20H2. The van der Waals surface area contributed by atoms with Gasteiger partial charge in [0.25, 0.3) is 0 Å². The summed E-state index contributed by atoms with van der Waals surface area (Å²) in [4.78, 5) is 18.9. The molecule has 3 rings (SSSR count). The van der Waals surface area contributed by atoms with Crippen LogP contribution in [0.4, 0.5) is 0 Å². The molecule has 2 aliphatic heterocycles. The van der Waals surface area contributed by atoms with Gasteiger partial charge in [-0.15, -0.1) is 0 Å². The third-order valence-electron chi connectivity index (χ3n) is 5.02. The van der Waals surface area contributed by atoms with Gasteiger partial charge >= 0.3 is 0 Å². The zero-order valence-electron chi connectivity index (χ0n) is 15.0. The second-order valence-corrected chi connectivity index (χ2v) is 7.02. The van der Waals surface area contributed by atoms with Crippen LogP contribution in [0.25, 0.3) is 0 Å². The maximum atomic E-state index is 12.3. The Morgan fingerprint density at radius 2 is 1.64 bits per heavy atom. The first kappa shape index (κ1) is 18.3. The Kier molecular flexibility index (Phi) is 6.81. The molecular formula is C19H30N4O2. The van der Waals surface area contributed by atoms with Crippen molar-refractivity contribution in [3.8, 4) is 0 Å². The van der Waals surface area contributed by atoms with Crippen LogP contribution in [0.2, 0.25) is 0 Å². The first-order chi connectivity index (χ1) is 12.2. The van der Waals surface area contributed by atoms with Crippen molar-refractivity contribution in [2.45, 2.75) is 12.5 Å². The molecule has 2 aliphatic rings. The molecule has 0 saturated carbocycles. The third-order valence-corrected chi connectivity index (χ3v) is 5.02. The molecule has 1 unspecified atom stereocenters. The van der Waals surface area contributed by atoms with Crippen LogP contribution in [0.1, 0.15) is 5.56 Å². The second-order valence-electron chi connectivity index (χ2n) is 7.02. The van der Waals surface area contributed by atoms with Gasteiger partial charge in [-0.2, -0.15) is 0 Å². The molecule has 0 aliphatic carbocycles. The van der Waals surface area contributed by atoms with E-state index in [0.717, 1.165) is 52.2 Å². The van der Waals surface area contributed by atoms with E-state index in [1.807, 2.05) is 11.0 Å². The summed E-state index contributed by atoms with van der Waals surface area (Å²) < 4.78 is 5.31. The van der Waals surface area contributed by atoms with Crippen LogP contribution in [0.3, 0.4) is 0 Å². The molecule has 6 heteroatoms. The lowest BCUT2D eigenvalue weighted by atomic mass is 10.1. The maximum Gasteiger partial charge on any atom is 0.236 e. The van der Waals surface area contributed by atoms with Gasteiger partial charge in [-0.05, 0) is 12.0 Å². The minimum atomic E-state index is 0.156. The Morgan fingerprint density at radius 3 is 2.32 bits per heavy atom. The van der Waals surface area contributed by atoms with Crippen molar-refractivity contribution in [2.75, 3.05) is 65.6 Å². The van der Waals surface area contributed by atoms with E-state index in [4.69, 9.17) is 10.5 Å². The van der Waals surface area contributed by atoms with E-state index < -0.39 is 0 Å². The molecule has 0 aromatic heterocycles. The van der Waals surface area contributed by atoms with Crippen molar-refractivity contribution >= 4 is 5.91 Å². The summed E-state index contributed by atoms with van der Waals surface area (Å²) in [6.07, 6.45) is 0.913. The van der Waals surface area contributed by atoms with E-state index in [1.54, 1.807) is 0 Å². The number of carbonyl (C=O) groups excluding carboxylic acids is 1. The quantitative estimate of drug-likeness (QED) is 0.788. The van der Waals surface area contributed by atoms with Crippen molar-refractivity contribution in [3.63, 3.8) is 0 Å². The van der Waals surface area contributed by atoms with E-state index >= 15 is 0 Å². The summed E-state index contributed by atoms with van der Waals surface area (Å²) in [6, 6.07) is 10.6. The normalized spacial score (nSPS) is 21.2. The molecule has 25 heavy (non-hydrogen) atoms. The lowest BCUT2D eigenvalue weighted by molar-refractivity contribution is -0.136. The number of nitrogens with zero attached hydrogens (tertiary/aromatic N) is 3. The average Bonchev–Trinajstić information content (AvgIpc) is 2.65. The molecule has 2 saturated heterocycles. The molecule has 2 heterocycles. The van der Waals surface area contributed by atoms with Crippen LogP contribution in [-0.2, 0) is 16.0 Å². The lowest BCUT2D eigenvalue weighted by Gasteiger charge is -2.36. The summed E-state index contributed by atoms with van der Waals surface area (Å²) in [7, 11) is 0. The van der Waals surface area contributed by atoms with Crippen molar-refractivity contribution in [3.05, 3.63) is 35.9 Å². The highest BCUT2D eigenvalue weighted by atomic mass is 16.5. The van der Waals surface area contributed by atoms with E-state index in [1.165, 1.54) is 5.56 Å². The average molecular weight is 346 g/mol. The fourth-order valence-electron chi connectivity index (χ4n) is 3.55. The van der Waals surface area contributed by atoms with Gasteiger partial charge < -0.3 is 15.4 Å². The molecular weight excluding hydrogens is 316 g/mol. The SMILES string of the molecule is NC(Cc1ccccc1)CN1CCN(CC(=O)N2CCOCC2)CC1. The number of benzene rings is 1. The van der Waals surface area contributed by atoms with E-state index in [0.29, 0.717) is 19.8 Å². The molecule has 6 nitrogen and oxygen atoms in total. The number of rotatable bonds is 6. The fourth-order valence-corrected chi connectivity index (χ4v) is 3.55. The highest BCUT2D eigenvalue weighted by molar-refractivity contribution is 5.78. The molecule has 1 amide bonds. The lowest BCUT2D eigenvalue weighted by Crippen LogP contribution is -2.53. The Bertz CT molecular complexity index is 525. The zero-order valence-corrected chi connectivity index (χ0v) is 15.0. The summed E-state index contributed by atoms with van der Waals surface area (Å²) >= 11 is 0. The highest BCUT2D eigenvalue weighted by Gasteiger charge is 2.23. The first-order valence-corrected chi connectivity index (χ1v) is 9.30. The minimum Gasteiger partial charge on any atom is -0.378 e. The van der Waals surface area contributed by atoms with Gasteiger partial charge in [-0.1, -0.05) is 30.3 Å². The van der Waals surface area contributed by atoms with Crippen LogP contribution in [-0.4, -0.2) is 92.2 Å². The maximum absolute atomic E-state index is 12.3. The van der Waals surface area contributed by atoms with Crippen LogP contribution < -0.4 is 5.73 Å². The second kappa shape index (κ2) is 9.29. The molecule has 1 aromatic rings. The fraction of sp³-hybridized carbons (Fsp3) is 0.632.